The summed E-state index contributed by atoms with van der Waals surface area (Å²) in [4.78, 5) is 11.6. The molecule has 20 heavy (non-hydrogen) atoms. The van der Waals surface area contributed by atoms with Crippen molar-refractivity contribution in [1.82, 2.24) is 4.31 Å². The van der Waals surface area contributed by atoms with E-state index in [9.17, 15) is 18.3 Å². The van der Waals surface area contributed by atoms with Gasteiger partial charge in [-0.15, -0.1) is 0 Å². The Balaban J connectivity index is 2.44. The van der Waals surface area contributed by atoms with Crippen LogP contribution in [0, 0.1) is 12.8 Å². The van der Waals surface area contributed by atoms with E-state index >= 15 is 0 Å². The number of piperidine rings is 1. The molecule has 1 aromatic rings. The number of nitrogens with zero attached hydrogens (tertiary/aromatic N) is 1. The first kappa shape index (κ1) is 15.0. The number of carbonyl (C=O) groups is 1. The van der Waals surface area contributed by atoms with Crippen LogP contribution < -0.4 is 0 Å². The largest absolute Gasteiger partial charge is 0.480 e. The van der Waals surface area contributed by atoms with Gasteiger partial charge in [0.25, 0.3) is 0 Å². The molecule has 1 aliphatic rings. The zero-order chi connectivity index (χ0) is 14.9. The Morgan fingerprint density at radius 3 is 2.70 bits per heavy atom. The summed E-state index contributed by atoms with van der Waals surface area (Å²) in [6, 6.07) is 5.60. The lowest BCUT2D eigenvalue weighted by molar-refractivity contribution is -0.144. The number of carboxylic acids is 1. The van der Waals surface area contributed by atoms with E-state index in [1.54, 1.807) is 19.1 Å². The van der Waals surface area contributed by atoms with Crippen LogP contribution in [0.1, 0.15) is 25.3 Å². The maximum Gasteiger partial charge on any atom is 0.322 e. The molecule has 0 aromatic heterocycles. The van der Waals surface area contributed by atoms with Crippen LogP contribution in [0.5, 0.6) is 0 Å². The number of hydrogen-bond donors (Lipinski definition) is 1. The van der Waals surface area contributed by atoms with Gasteiger partial charge in [0.1, 0.15) is 6.04 Å². The van der Waals surface area contributed by atoms with Gasteiger partial charge in [-0.1, -0.05) is 19.1 Å². The third-order valence-corrected chi connectivity index (χ3v) is 5.61. The van der Waals surface area contributed by atoms with Crippen molar-refractivity contribution in [2.75, 3.05) is 6.54 Å². The van der Waals surface area contributed by atoms with Crippen molar-refractivity contribution in [3.63, 3.8) is 0 Å². The summed E-state index contributed by atoms with van der Waals surface area (Å²) in [5, 5.41) is 9.34. The normalized spacial score (nSPS) is 24.5. The lowest BCUT2D eigenvalue weighted by Gasteiger charge is -2.36. The predicted molar refractivity (Wildman–Crippen MR) is 74.9 cm³/mol. The predicted octanol–water partition coefficient (Wildman–Crippen LogP) is 1.87. The molecule has 0 spiro atoms. The second-order valence-electron chi connectivity index (χ2n) is 5.33. The van der Waals surface area contributed by atoms with E-state index < -0.39 is 22.0 Å². The van der Waals surface area contributed by atoms with Gasteiger partial charge >= 0.3 is 5.97 Å². The third kappa shape index (κ3) is 2.71. The van der Waals surface area contributed by atoms with Gasteiger partial charge in [0, 0.05) is 6.54 Å². The highest BCUT2D eigenvalue weighted by Crippen LogP contribution is 2.29. The van der Waals surface area contributed by atoms with Crippen LogP contribution in [0.2, 0.25) is 0 Å². The second-order valence-corrected chi connectivity index (χ2v) is 7.23. The monoisotopic (exact) mass is 297 g/mol. The van der Waals surface area contributed by atoms with Crippen LogP contribution in [0.15, 0.2) is 29.2 Å². The summed E-state index contributed by atoms with van der Waals surface area (Å²) in [7, 11) is -3.76. The van der Waals surface area contributed by atoms with Gasteiger partial charge in [0.2, 0.25) is 10.0 Å². The number of benzene rings is 1. The molecular weight excluding hydrogens is 278 g/mol. The van der Waals surface area contributed by atoms with Crippen LogP contribution in [-0.2, 0) is 14.8 Å². The Bertz CT molecular complexity index is 611. The molecule has 5 nitrogen and oxygen atoms in total. The minimum Gasteiger partial charge on any atom is -0.480 e. The fourth-order valence-electron chi connectivity index (χ4n) is 2.70. The van der Waals surface area contributed by atoms with Crippen molar-refractivity contribution < 1.29 is 18.3 Å². The number of rotatable bonds is 3. The van der Waals surface area contributed by atoms with E-state index in [1.165, 1.54) is 6.07 Å². The molecule has 1 N–H and O–H groups in total. The van der Waals surface area contributed by atoms with Crippen molar-refractivity contribution in [1.29, 1.82) is 0 Å². The number of aliphatic carboxylic acids is 1. The molecule has 110 valence electrons. The summed E-state index contributed by atoms with van der Waals surface area (Å²) < 4.78 is 26.5. The fourth-order valence-corrected chi connectivity index (χ4v) is 4.52. The highest BCUT2D eigenvalue weighted by Gasteiger charge is 2.41. The van der Waals surface area contributed by atoms with Crippen LogP contribution in [0.4, 0.5) is 0 Å². The zero-order valence-corrected chi connectivity index (χ0v) is 12.4. The summed E-state index contributed by atoms with van der Waals surface area (Å²) in [5.74, 6) is -1.26. The van der Waals surface area contributed by atoms with Crippen LogP contribution in [0.25, 0.3) is 0 Å². The molecule has 0 saturated carbocycles. The lowest BCUT2D eigenvalue weighted by Crippen LogP contribution is -2.51. The van der Waals surface area contributed by atoms with Gasteiger partial charge in [-0.2, -0.15) is 4.31 Å². The standard InChI is InChI=1S/C14H19NO4S/c1-10-5-3-7-12(9-10)20(18,19)15-8-4-6-11(2)13(15)14(16)17/h3,5,7,9,11,13H,4,6,8H2,1-2H3,(H,16,17). The molecule has 0 bridgehead atoms. The third-order valence-electron chi connectivity index (χ3n) is 3.74. The molecule has 2 atom stereocenters. The van der Waals surface area contributed by atoms with Crippen molar-refractivity contribution in [3.05, 3.63) is 29.8 Å². The smallest absolute Gasteiger partial charge is 0.322 e. The van der Waals surface area contributed by atoms with E-state index in [-0.39, 0.29) is 17.4 Å². The molecule has 0 amide bonds. The number of aryl methyl sites for hydroxylation is 1. The molecule has 1 fully saturated rings. The summed E-state index contributed by atoms with van der Waals surface area (Å²) in [6.45, 7) is 3.86. The van der Waals surface area contributed by atoms with E-state index in [4.69, 9.17) is 0 Å². The molecular formula is C14H19NO4S. The van der Waals surface area contributed by atoms with Crippen molar-refractivity contribution in [2.45, 2.75) is 37.6 Å². The molecule has 1 saturated heterocycles. The average molecular weight is 297 g/mol. The quantitative estimate of drug-likeness (QED) is 0.924. The van der Waals surface area contributed by atoms with Crippen LogP contribution >= 0.6 is 0 Å². The van der Waals surface area contributed by atoms with Crippen molar-refractivity contribution in [3.8, 4) is 0 Å². The Hall–Kier alpha value is -1.40. The summed E-state index contributed by atoms with van der Waals surface area (Å²) in [5.41, 5.74) is 0.836. The van der Waals surface area contributed by atoms with Crippen molar-refractivity contribution >= 4 is 16.0 Å². The fraction of sp³-hybridized carbons (Fsp3) is 0.500. The second kappa shape index (κ2) is 5.54. The Morgan fingerprint density at radius 2 is 2.10 bits per heavy atom. The van der Waals surface area contributed by atoms with Gasteiger partial charge in [0.05, 0.1) is 4.90 Å². The molecule has 1 aromatic carbocycles. The lowest BCUT2D eigenvalue weighted by atomic mass is 9.93. The Morgan fingerprint density at radius 1 is 1.40 bits per heavy atom. The SMILES string of the molecule is Cc1cccc(S(=O)(=O)N2CCCC(C)C2C(=O)O)c1. The zero-order valence-electron chi connectivity index (χ0n) is 11.6. The molecule has 1 heterocycles. The molecule has 0 aliphatic carbocycles. The minimum atomic E-state index is -3.76. The number of sulfonamides is 1. The van der Waals surface area contributed by atoms with Crippen LogP contribution in [0.3, 0.4) is 0 Å². The first-order valence-corrected chi connectivity index (χ1v) is 8.09. The highest BCUT2D eigenvalue weighted by atomic mass is 32.2. The molecule has 6 heteroatoms. The van der Waals surface area contributed by atoms with Crippen LogP contribution in [-0.4, -0.2) is 36.4 Å². The van der Waals surface area contributed by atoms with Gasteiger partial charge in [-0.25, -0.2) is 8.42 Å². The van der Waals surface area contributed by atoms with Gasteiger partial charge in [-0.3, -0.25) is 4.79 Å². The van der Waals surface area contributed by atoms with Gasteiger partial charge < -0.3 is 5.11 Å². The number of hydrogen-bond acceptors (Lipinski definition) is 3. The number of carboxylic acid groups (broad SMARTS) is 1. The van der Waals surface area contributed by atoms with Crippen molar-refractivity contribution in [2.24, 2.45) is 5.92 Å². The Labute approximate surface area is 119 Å². The average Bonchev–Trinajstić information content (AvgIpc) is 2.38. The molecule has 2 unspecified atom stereocenters. The van der Waals surface area contributed by atoms with E-state index in [0.29, 0.717) is 6.42 Å². The summed E-state index contributed by atoms with van der Waals surface area (Å²) >= 11 is 0. The molecule has 2 rings (SSSR count). The van der Waals surface area contributed by atoms with E-state index in [2.05, 4.69) is 0 Å². The first-order chi connectivity index (χ1) is 9.34. The van der Waals surface area contributed by atoms with Gasteiger partial charge in [-0.05, 0) is 43.4 Å². The molecule has 1 aliphatic heterocycles. The molecule has 0 radical (unpaired) electrons. The Kier molecular flexibility index (Phi) is 4.15. The maximum atomic E-state index is 12.7. The van der Waals surface area contributed by atoms with E-state index in [0.717, 1.165) is 16.3 Å². The first-order valence-electron chi connectivity index (χ1n) is 6.65. The van der Waals surface area contributed by atoms with E-state index in [1.807, 2.05) is 13.0 Å². The summed E-state index contributed by atoms with van der Waals surface area (Å²) in [6.07, 6.45) is 1.42. The van der Waals surface area contributed by atoms with Gasteiger partial charge in [0.15, 0.2) is 0 Å². The topological polar surface area (TPSA) is 74.7 Å². The minimum absolute atomic E-state index is 0.165. The maximum absolute atomic E-state index is 12.7. The highest BCUT2D eigenvalue weighted by molar-refractivity contribution is 7.89.